The standard InChI is InChI=1S/C18H18ClF3N2O3S/c1-2-26-16(25)7-8-24(11-13-4-3-9-27-13)17(28)23-12-5-6-15(19)14(10-12)18(20,21)22/h3-6,9-10H,2,7-8,11H2,1H3,(H,23,28). The summed E-state index contributed by atoms with van der Waals surface area (Å²) in [6.45, 7) is 2.39. The van der Waals surface area contributed by atoms with Crippen molar-refractivity contribution < 1.29 is 27.1 Å². The fourth-order valence-corrected chi connectivity index (χ4v) is 2.82. The van der Waals surface area contributed by atoms with E-state index in [1.165, 1.54) is 12.3 Å². The molecule has 0 saturated carbocycles. The highest BCUT2D eigenvalue weighted by Crippen LogP contribution is 2.36. The summed E-state index contributed by atoms with van der Waals surface area (Å²) in [5.41, 5.74) is -0.839. The lowest BCUT2D eigenvalue weighted by Gasteiger charge is -2.25. The number of carbonyl (C=O) groups excluding carboxylic acids is 1. The van der Waals surface area contributed by atoms with Gasteiger partial charge in [-0.2, -0.15) is 13.2 Å². The van der Waals surface area contributed by atoms with E-state index in [-0.39, 0.29) is 36.9 Å². The van der Waals surface area contributed by atoms with Crippen molar-refractivity contribution in [3.63, 3.8) is 0 Å². The van der Waals surface area contributed by atoms with Gasteiger partial charge in [-0.05, 0) is 49.5 Å². The first-order chi connectivity index (χ1) is 13.2. The van der Waals surface area contributed by atoms with E-state index >= 15 is 0 Å². The van der Waals surface area contributed by atoms with E-state index in [9.17, 15) is 18.0 Å². The molecule has 152 valence electrons. The molecule has 5 nitrogen and oxygen atoms in total. The van der Waals surface area contributed by atoms with Crippen LogP contribution < -0.4 is 5.32 Å². The van der Waals surface area contributed by atoms with Crippen molar-refractivity contribution in [2.45, 2.75) is 26.1 Å². The predicted octanol–water partition coefficient (Wildman–Crippen LogP) is 5.10. The van der Waals surface area contributed by atoms with Crippen molar-refractivity contribution in [2.75, 3.05) is 18.5 Å². The van der Waals surface area contributed by atoms with Crippen molar-refractivity contribution in [2.24, 2.45) is 0 Å². The Morgan fingerprint density at radius 3 is 2.71 bits per heavy atom. The normalized spacial score (nSPS) is 11.2. The van der Waals surface area contributed by atoms with Gasteiger partial charge in [0.1, 0.15) is 5.76 Å². The number of hydrogen-bond acceptors (Lipinski definition) is 4. The summed E-state index contributed by atoms with van der Waals surface area (Å²) in [5.74, 6) is 0.181. The lowest BCUT2D eigenvalue weighted by molar-refractivity contribution is -0.143. The Labute approximate surface area is 170 Å². The molecule has 10 heteroatoms. The number of alkyl halides is 3. The molecule has 0 aliphatic rings. The first kappa shape index (κ1) is 22.0. The van der Waals surface area contributed by atoms with Crippen LogP contribution in [0.2, 0.25) is 5.02 Å². The lowest BCUT2D eigenvalue weighted by atomic mass is 10.2. The molecule has 0 atom stereocenters. The Hall–Kier alpha value is -2.26. The predicted molar refractivity (Wildman–Crippen MR) is 103 cm³/mol. The second-order valence-corrected chi connectivity index (χ2v) is 6.47. The average Bonchev–Trinajstić information content (AvgIpc) is 3.12. The van der Waals surface area contributed by atoms with E-state index in [1.54, 1.807) is 24.0 Å². The number of benzene rings is 1. The third kappa shape index (κ3) is 6.42. The number of anilines is 1. The molecule has 2 rings (SSSR count). The molecule has 1 heterocycles. The number of carbonyl (C=O) groups is 1. The third-order valence-corrected chi connectivity index (χ3v) is 4.32. The van der Waals surface area contributed by atoms with E-state index in [0.717, 1.165) is 12.1 Å². The van der Waals surface area contributed by atoms with E-state index < -0.39 is 22.7 Å². The number of nitrogens with zero attached hydrogens (tertiary/aromatic N) is 1. The summed E-state index contributed by atoms with van der Waals surface area (Å²) >= 11 is 11.0. The second kappa shape index (κ2) is 9.79. The first-order valence-corrected chi connectivity index (χ1v) is 9.10. The monoisotopic (exact) mass is 434 g/mol. The van der Waals surface area contributed by atoms with Gasteiger partial charge in [0.25, 0.3) is 0 Å². The lowest BCUT2D eigenvalue weighted by Crippen LogP contribution is -2.36. The van der Waals surface area contributed by atoms with Crippen LogP contribution in [0.1, 0.15) is 24.7 Å². The smallest absolute Gasteiger partial charge is 0.417 e. The van der Waals surface area contributed by atoms with Crippen LogP contribution in [-0.4, -0.2) is 29.1 Å². The van der Waals surface area contributed by atoms with Crippen LogP contribution in [0, 0.1) is 0 Å². The Balaban J connectivity index is 2.14. The Bertz CT molecular complexity index is 813. The molecule has 28 heavy (non-hydrogen) atoms. The van der Waals surface area contributed by atoms with Gasteiger partial charge in [0.15, 0.2) is 5.11 Å². The molecule has 1 aromatic carbocycles. The van der Waals surface area contributed by atoms with Crippen LogP contribution in [0.25, 0.3) is 0 Å². The van der Waals surface area contributed by atoms with Gasteiger partial charge in [0.2, 0.25) is 0 Å². The molecule has 0 aliphatic heterocycles. The van der Waals surface area contributed by atoms with Gasteiger partial charge in [-0.15, -0.1) is 0 Å². The van der Waals surface area contributed by atoms with Crippen LogP contribution in [0.3, 0.4) is 0 Å². The SMILES string of the molecule is CCOC(=O)CCN(Cc1ccco1)C(=S)Nc1ccc(Cl)c(C(F)(F)F)c1. The zero-order chi connectivity index (χ0) is 20.7. The number of furan rings is 1. The molecular weight excluding hydrogens is 417 g/mol. The van der Waals surface area contributed by atoms with Gasteiger partial charge in [0, 0.05) is 12.2 Å². The molecule has 0 saturated heterocycles. The molecule has 1 aromatic heterocycles. The Morgan fingerprint density at radius 2 is 2.11 bits per heavy atom. The highest BCUT2D eigenvalue weighted by Gasteiger charge is 2.33. The van der Waals surface area contributed by atoms with Crippen molar-refractivity contribution in [1.82, 2.24) is 4.90 Å². The molecule has 1 N–H and O–H groups in total. The van der Waals surface area contributed by atoms with Crippen LogP contribution in [-0.2, 0) is 22.3 Å². The zero-order valence-electron chi connectivity index (χ0n) is 14.9. The molecule has 0 radical (unpaired) electrons. The third-order valence-electron chi connectivity index (χ3n) is 3.63. The Kier molecular flexibility index (Phi) is 7.70. The number of nitrogens with one attached hydrogen (secondary N) is 1. The molecule has 0 aliphatic carbocycles. The van der Waals surface area contributed by atoms with E-state index in [0.29, 0.717) is 5.76 Å². The van der Waals surface area contributed by atoms with Crippen molar-refractivity contribution in [3.8, 4) is 0 Å². The number of hydrogen-bond donors (Lipinski definition) is 1. The molecule has 0 bridgehead atoms. The van der Waals surface area contributed by atoms with Gasteiger partial charge in [-0.25, -0.2) is 0 Å². The fraction of sp³-hybridized carbons (Fsp3) is 0.333. The summed E-state index contributed by atoms with van der Waals surface area (Å²) in [4.78, 5) is 13.3. The second-order valence-electron chi connectivity index (χ2n) is 5.68. The summed E-state index contributed by atoms with van der Waals surface area (Å²) in [7, 11) is 0. The topological polar surface area (TPSA) is 54.7 Å². The highest BCUT2D eigenvalue weighted by molar-refractivity contribution is 7.80. The van der Waals surface area contributed by atoms with Gasteiger partial charge in [0.05, 0.1) is 36.4 Å². The largest absolute Gasteiger partial charge is 0.467 e. The molecule has 0 unspecified atom stereocenters. The van der Waals surface area contributed by atoms with Gasteiger partial charge >= 0.3 is 12.1 Å². The van der Waals surface area contributed by atoms with E-state index in [2.05, 4.69) is 5.32 Å². The number of rotatable bonds is 7. The quantitative estimate of drug-likeness (QED) is 0.483. The molecule has 0 spiro atoms. The number of ether oxygens (including phenoxy) is 1. The fourth-order valence-electron chi connectivity index (χ4n) is 2.33. The van der Waals surface area contributed by atoms with Crippen LogP contribution in [0.4, 0.5) is 18.9 Å². The number of esters is 1. The van der Waals surface area contributed by atoms with Crippen molar-refractivity contribution in [3.05, 3.63) is 52.9 Å². The van der Waals surface area contributed by atoms with E-state index in [1.807, 2.05) is 0 Å². The zero-order valence-corrected chi connectivity index (χ0v) is 16.5. The van der Waals surface area contributed by atoms with Crippen LogP contribution >= 0.6 is 23.8 Å². The average molecular weight is 435 g/mol. The molecular formula is C18H18ClF3N2O3S. The van der Waals surface area contributed by atoms with E-state index in [4.69, 9.17) is 33.0 Å². The number of halogens is 4. The maximum Gasteiger partial charge on any atom is 0.417 e. The minimum absolute atomic E-state index is 0.0603. The maximum absolute atomic E-state index is 13.0. The van der Waals surface area contributed by atoms with Gasteiger partial charge in [-0.1, -0.05) is 11.6 Å². The first-order valence-electron chi connectivity index (χ1n) is 8.31. The molecule has 2 aromatic rings. The van der Waals surface area contributed by atoms with Crippen molar-refractivity contribution >= 4 is 40.6 Å². The minimum atomic E-state index is -4.59. The highest BCUT2D eigenvalue weighted by atomic mass is 35.5. The minimum Gasteiger partial charge on any atom is -0.467 e. The van der Waals surface area contributed by atoms with Crippen molar-refractivity contribution in [1.29, 1.82) is 0 Å². The molecule has 0 fully saturated rings. The summed E-state index contributed by atoms with van der Waals surface area (Å²) < 4.78 is 49.3. The Morgan fingerprint density at radius 1 is 1.36 bits per heavy atom. The summed E-state index contributed by atoms with van der Waals surface area (Å²) in [5, 5.41) is 2.49. The van der Waals surface area contributed by atoms with Crippen LogP contribution in [0.5, 0.6) is 0 Å². The van der Waals surface area contributed by atoms with Gasteiger partial charge < -0.3 is 19.4 Å². The van der Waals surface area contributed by atoms with Gasteiger partial charge in [-0.3, -0.25) is 4.79 Å². The maximum atomic E-state index is 13.0. The number of thiocarbonyl (C=S) groups is 1. The molecule has 0 amide bonds. The summed E-state index contributed by atoms with van der Waals surface area (Å²) in [6.07, 6.45) is -3.04. The van der Waals surface area contributed by atoms with Crippen LogP contribution in [0.15, 0.2) is 41.0 Å². The summed E-state index contributed by atoms with van der Waals surface area (Å²) in [6, 6.07) is 6.84.